The summed E-state index contributed by atoms with van der Waals surface area (Å²) < 4.78 is 4.85. The number of aryl methyl sites for hydroxylation is 1. The predicted molar refractivity (Wildman–Crippen MR) is 76.6 cm³/mol. The smallest absolute Gasteiger partial charge is 0.277 e. The van der Waals surface area contributed by atoms with Gasteiger partial charge in [-0.3, -0.25) is 4.79 Å². The van der Waals surface area contributed by atoms with E-state index in [4.69, 9.17) is 21.9 Å². The van der Waals surface area contributed by atoms with Crippen LogP contribution in [0.2, 0.25) is 5.02 Å². The molecule has 5 nitrogen and oxygen atoms in total. The summed E-state index contributed by atoms with van der Waals surface area (Å²) in [5.74, 6) is 5.76. The van der Waals surface area contributed by atoms with Crippen molar-refractivity contribution in [2.24, 2.45) is 5.73 Å². The molecular weight excluding hydrogens is 278 g/mol. The first-order chi connectivity index (χ1) is 9.60. The van der Waals surface area contributed by atoms with Gasteiger partial charge in [0.1, 0.15) is 5.76 Å². The molecule has 0 fully saturated rings. The molecule has 0 unspecified atom stereocenters. The number of anilines is 1. The van der Waals surface area contributed by atoms with Crippen molar-refractivity contribution in [3.63, 3.8) is 0 Å². The average Bonchev–Trinajstić information content (AvgIpc) is 2.86. The molecule has 2 aromatic rings. The number of rotatable bonds is 2. The molecule has 2 rings (SSSR count). The van der Waals surface area contributed by atoms with Crippen LogP contribution in [0.4, 0.5) is 5.69 Å². The van der Waals surface area contributed by atoms with Crippen LogP contribution in [-0.2, 0) is 0 Å². The van der Waals surface area contributed by atoms with Gasteiger partial charge in [0.15, 0.2) is 5.69 Å². The fourth-order valence-electron chi connectivity index (χ4n) is 1.51. The second-order valence-electron chi connectivity index (χ2n) is 3.98. The number of carbonyl (C=O) groups is 1. The number of carbonyl (C=O) groups excluding carboxylic acids is 1. The van der Waals surface area contributed by atoms with E-state index in [0.29, 0.717) is 22.0 Å². The SMILES string of the molecule is Cc1cc(C(=O)Nc2ccc(Cl)c(C#CCN)c2)no1. The van der Waals surface area contributed by atoms with E-state index in [2.05, 4.69) is 22.3 Å². The molecule has 6 heteroatoms. The lowest BCUT2D eigenvalue weighted by Gasteiger charge is -2.04. The first-order valence-corrected chi connectivity index (χ1v) is 6.21. The number of hydrogen-bond donors (Lipinski definition) is 2. The molecule has 0 aliphatic carbocycles. The molecule has 0 saturated carbocycles. The number of nitrogens with one attached hydrogen (secondary N) is 1. The van der Waals surface area contributed by atoms with E-state index >= 15 is 0 Å². The number of aromatic nitrogens is 1. The van der Waals surface area contributed by atoms with E-state index in [1.54, 1.807) is 31.2 Å². The van der Waals surface area contributed by atoms with Crippen molar-refractivity contribution in [2.75, 3.05) is 11.9 Å². The number of nitrogens with zero attached hydrogens (tertiary/aromatic N) is 1. The summed E-state index contributed by atoms with van der Waals surface area (Å²) in [6.45, 7) is 1.96. The highest BCUT2D eigenvalue weighted by atomic mass is 35.5. The molecule has 102 valence electrons. The Kier molecular flexibility index (Phi) is 4.41. The minimum Gasteiger partial charge on any atom is -0.361 e. The Balaban J connectivity index is 2.19. The molecule has 0 aliphatic heterocycles. The van der Waals surface area contributed by atoms with Gasteiger partial charge >= 0.3 is 0 Å². The molecule has 0 spiro atoms. The van der Waals surface area contributed by atoms with E-state index in [-0.39, 0.29) is 18.1 Å². The number of hydrogen-bond acceptors (Lipinski definition) is 4. The molecular formula is C14H12ClN3O2. The molecule has 1 aromatic carbocycles. The Labute approximate surface area is 121 Å². The van der Waals surface area contributed by atoms with Gasteiger partial charge in [0.05, 0.1) is 11.6 Å². The van der Waals surface area contributed by atoms with E-state index in [1.165, 1.54) is 0 Å². The van der Waals surface area contributed by atoms with Crippen LogP contribution in [0.3, 0.4) is 0 Å². The largest absolute Gasteiger partial charge is 0.361 e. The summed E-state index contributed by atoms with van der Waals surface area (Å²) in [5, 5.41) is 6.84. The van der Waals surface area contributed by atoms with E-state index in [9.17, 15) is 4.79 Å². The first-order valence-electron chi connectivity index (χ1n) is 5.83. The third kappa shape index (κ3) is 3.38. The van der Waals surface area contributed by atoms with Gasteiger partial charge in [-0.1, -0.05) is 28.6 Å². The average molecular weight is 290 g/mol. The standard InChI is InChI=1S/C14H12ClN3O2/c1-9-7-13(18-20-9)14(19)17-11-4-5-12(15)10(8-11)3-2-6-16/h4-5,7-8H,6,16H2,1H3,(H,17,19). The summed E-state index contributed by atoms with van der Waals surface area (Å²) >= 11 is 6.01. The van der Waals surface area contributed by atoms with Gasteiger partial charge in [0.25, 0.3) is 5.91 Å². The minimum atomic E-state index is -0.359. The van der Waals surface area contributed by atoms with Gasteiger partial charge < -0.3 is 15.6 Å². The molecule has 0 saturated heterocycles. The second-order valence-corrected chi connectivity index (χ2v) is 4.38. The van der Waals surface area contributed by atoms with Crippen LogP contribution >= 0.6 is 11.6 Å². The van der Waals surface area contributed by atoms with Crippen LogP contribution in [0.1, 0.15) is 21.8 Å². The maximum Gasteiger partial charge on any atom is 0.277 e. The van der Waals surface area contributed by atoms with Crippen molar-refractivity contribution in [3.05, 3.63) is 46.3 Å². The van der Waals surface area contributed by atoms with E-state index < -0.39 is 0 Å². The number of amides is 1. The molecule has 1 heterocycles. The van der Waals surface area contributed by atoms with Crippen molar-refractivity contribution in [1.82, 2.24) is 5.16 Å². The van der Waals surface area contributed by atoms with Crippen molar-refractivity contribution < 1.29 is 9.32 Å². The van der Waals surface area contributed by atoms with Gasteiger partial charge in [-0.25, -0.2) is 0 Å². The minimum absolute atomic E-state index is 0.215. The van der Waals surface area contributed by atoms with Crippen LogP contribution in [0, 0.1) is 18.8 Å². The summed E-state index contributed by atoms with van der Waals surface area (Å²) in [6.07, 6.45) is 0. The Morgan fingerprint density at radius 3 is 2.95 bits per heavy atom. The third-order valence-corrected chi connectivity index (χ3v) is 2.74. The fourth-order valence-corrected chi connectivity index (χ4v) is 1.68. The Hall–Kier alpha value is -2.29. The summed E-state index contributed by atoms with van der Waals surface area (Å²) in [4.78, 5) is 11.9. The molecule has 1 aromatic heterocycles. The van der Waals surface area contributed by atoms with Crippen molar-refractivity contribution >= 4 is 23.2 Å². The lowest BCUT2D eigenvalue weighted by Crippen LogP contribution is -2.12. The number of halogens is 1. The number of nitrogens with two attached hydrogens (primary N) is 1. The predicted octanol–water partition coefficient (Wildman–Crippen LogP) is 2.20. The van der Waals surface area contributed by atoms with Gasteiger partial charge in [0, 0.05) is 17.3 Å². The topological polar surface area (TPSA) is 81.2 Å². The molecule has 0 radical (unpaired) electrons. The molecule has 0 aliphatic rings. The molecule has 0 atom stereocenters. The first kappa shape index (κ1) is 14.1. The quantitative estimate of drug-likeness (QED) is 0.831. The van der Waals surface area contributed by atoms with E-state index in [0.717, 1.165) is 0 Å². The molecule has 20 heavy (non-hydrogen) atoms. The van der Waals surface area contributed by atoms with Crippen LogP contribution in [0.15, 0.2) is 28.8 Å². The van der Waals surface area contributed by atoms with Crippen molar-refractivity contribution in [2.45, 2.75) is 6.92 Å². The summed E-state index contributed by atoms with van der Waals surface area (Å²) in [5.41, 5.74) is 6.71. The molecule has 0 bridgehead atoms. The molecule has 3 N–H and O–H groups in total. The van der Waals surface area contributed by atoms with Gasteiger partial charge in [-0.2, -0.15) is 0 Å². The third-order valence-electron chi connectivity index (χ3n) is 2.41. The summed E-state index contributed by atoms with van der Waals surface area (Å²) in [7, 11) is 0. The highest BCUT2D eigenvalue weighted by molar-refractivity contribution is 6.31. The van der Waals surface area contributed by atoms with E-state index in [1.807, 2.05) is 0 Å². The Morgan fingerprint density at radius 2 is 2.30 bits per heavy atom. The van der Waals surface area contributed by atoms with Gasteiger partial charge in [-0.15, -0.1) is 0 Å². The lowest BCUT2D eigenvalue weighted by molar-refractivity contribution is 0.101. The fraction of sp³-hybridized carbons (Fsp3) is 0.143. The van der Waals surface area contributed by atoms with Gasteiger partial charge in [-0.05, 0) is 25.1 Å². The zero-order valence-electron chi connectivity index (χ0n) is 10.7. The number of benzene rings is 1. The lowest BCUT2D eigenvalue weighted by atomic mass is 10.2. The van der Waals surface area contributed by atoms with Crippen LogP contribution in [0.5, 0.6) is 0 Å². The highest BCUT2D eigenvalue weighted by Crippen LogP contribution is 2.20. The van der Waals surface area contributed by atoms with Crippen molar-refractivity contribution in [3.8, 4) is 11.8 Å². The Morgan fingerprint density at radius 1 is 1.50 bits per heavy atom. The zero-order valence-corrected chi connectivity index (χ0v) is 11.5. The summed E-state index contributed by atoms with van der Waals surface area (Å²) in [6, 6.07) is 6.57. The second kappa shape index (κ2) is 6.24. The Bertz CT molecular complexity index is 698. The zero-order chi connectivity index (χ0) is 14.5. The van der Waals surface area contributed by atoms with Crippen LogP contribution in [-0.4, -0.2) is 17.6 Å². The normalized spacial score (nSPS) is 9.75. The maximum absolute atomic E-state index is 11.9. The van der Waals surface area contributed by atoms with Crippen molar-refractivity contribution in [1.29, 1.82) is 0 Å². The van der Waals surface area contributed by atoms with Crippen LogP contribution in [0.25, 0.3) is 0 Å². The maximum atomic E-state index is 11.9. The molecule has 1 amide bonds. The monoisotopic (exact) mass is 289 g/mol. The van der Waals surface area contributed by atoms with Gasteiger partial charge in [0.2, 0.25) is 0 Å². The van der Waals surface area contributed by atoms with Crippen LogP contribution < -0.4 is 11.1 Å². The highest BCUT2D eigenvalue weighted by Gasteiger charge is 2.11.